The molecule has 0 aliphatic heterocycles. The summed E-state index contributed by atoms with van der Waals surface area (Å²) in [4.78, 5) is 10.6. The van der Waals surface area contributed by atoms with Crippen molar-refractivity contribution in [2.75, 3.05) is 6.61 Å². The fraction of sp³-hybridized carbons (Fsp3) is 0.444. The SMILES string of the molecule is O=C(O)CCCCOc1ccc(C(=C2C3CCCC2CCC3)c2ccc(O)cc2)cc1. The molecule has 2 N–H and O–H groups in total. The van der Waals surface area contributed by atoms with E-state index in [2.05, 4.69) is 12.1 Å². The molecule has 2 aromatic rings. The first-order valence-corrected chi connectivity index (χ1v) is 11.6. The Labute approximate surface area is 184 Å². The fourth-order valence-corrected chi connectivity index (χ4v) is 5.29. The molecule has 0 amide bonds. The summed E-state index contributed by atoms with van der Waals surface area (Å²) in [7, 11) is 0. The van der Waals surface area contributed by atoms with Crippen LogP contribution in [0.3, 0.4) is 0 Å². The first-order chi connectivity index (χ1) is 15.1. The van der Waals surface area contributed by atoms with E-state index in [1.165, 1.54) is 55.2 Å². The Kier molecular flexibility index (Phi) is 6.96. The van der Waals surface area contributed by atoms with Gasteiger partial charge in [-0.05, 0) is 91.3 Å². The van der Waals surface area contributed by atoms with Gasteiger partial charge < -0.3 is 14.9 Å². The zero-order chi connectivity index (χ0) is 21.6. The van der Waals surface area contributed by atoms with Crippen LogP contribution in [0.1, 0.15) is 68.9 Å². The topological polar surface area (TPSA) is 66.8 Å². The van der Waals surface area contributed by atoms with E-state index in [9.17, 15) is 9.90 Å². The van der Waals surface area contributed by atoms with E-state index < -0.39 is 5.97 Å². The zero-order valence-corrected chi connectivity index (χ0v) is 18.1. The van der Waals surface area contributed by atoms with Crippen molar-refractivity contribution < 1.29 is 19.7 Å². The van der Waals surface area contributed by atoms with Gasteiger partial charge in [-0.15, -0.1) is 0 Å². The highest BCUT2D eigenvalue weighted by Gasteiger charge is 2.33. The number of phenols is 1. The van der Waals surface area contributed by atoms with Gasteiger partial charge >= 0.3 is 5.97 Å². The smallest absolute Gasteiger partial charge is 0.303 e. The second kappa shape index (κ2) is 10.0. The van der Waals surface area contributed by atoms with Crippen LogP contribution in [0.4, 0.5) is 0 Å². The Bertz CT molecular complexity index is 887. The maximum absolute atomic E-state index is 10.6. The molecule has 0 saturated heterocycles. The number of fused-ring (bicyclic) bond motifs is 2. The van der Waals surface area contributed by atoms with Crippen LogP contribution in [0.5, 0.6) is 11.5 Å². The van der Waals surface area contributed by atoms with Crippen LogP contribution >= 0.6 is 0 Å². The molecule has 4 nitrogen and oxygen atoms in total. The molecule has 0 unspecified atom stereocenters. The minimum Gasteiger partial charge on any atom is -0.508 e. The number of aromatic hydroxyl groups is 1. The lowest BCUT2D eigenvalue weighted by Gasteiger charge is -2.39. The molecule has 0 aromatic heterocycles. The van der Waals surface area contributed by atoms with Crippen LogP contribution in [0.25, 0.3) is 5.57 Å². The number of benzene rings is 2. The van der Waals surface area contributed by atoms with Crippen LogP contribution < -0.4 is 4.74 Å². The van der Waals surface area contributed by atoms with E-state index in [-0.39, 0.29) is 6.42 Å². The van der Waals surface area contributed by atoms with E-state index in [1.807, 2.05) is 24.3 Å². The van der Waals surface area contributed by atoms with Gasteiger partial charge in [0, 0.05) is 6.42 Å². The highest BCUT2D eigenvalue weighted by molar-refractivity contribution is 5.83. The lowest BCUT2D eigenvalue weighted by atomic mass is 9.65. The molecule has 2 bridgehead atoms. The first kappa shape index (κ1) is 21.5. The predicted octanol–water partition coefficient (Wildman–Crippen LogP) is 6.43. The number of aliphatic carboxylic acids is 1. The second-order valence-electron chi connectivity index (χ2n) is 8.86. The average Bonchev–Trinajstić information content (AvgIpc) is 2.76. The maximum atomic E-state index is 10.6. The number of carbonyl (C=O) groups is 1. The summed E-state index contributed by atoms with van der Waals surface area (Å²) in [6, 6.07) is 16.0. The van der Waals surface area contributed by atoms with Gasteiger partial charge in [0.15, 0.2) is 0 Å². The summed E-state index contributed by atoms with van der Waals surface area (Å²) in [5, 5.41) is 18.5. The fourth-order valence-electron chi connectivity index (χ4n) is 5.29. The standard InChI is InChI=1S/C27H32O4/c28-23-14-10-21(11-15-23)27(26-19-5-3-6-20(26)8-4-7-19)22-12-16-24(17-13-22)31-18-2-1-9-25(29)30/h10-17,19-20,28H,1-9,18H2,(H,29,30). The molecule has 2 aliphatic rings. The van der Waals surface area contributed by atoms with Crippen LogP contribution in [-0.4, -0.2) is 22.8 Å². The minimum absolute atomic E-state index is 0.189. The monoisotopic (exact) mass is 420 g/mol. The first-order valence-electron chi connectivity index (χ1n) is 11.6. The Morgan fingerprint density at radius 2 is 1.39 bits per heavy atom. The molecule has 2 fully saturated rings. The lowest BCUT2D eigenvalue weighted by molar-refractivity contribution is -0.137. The largest absolute Gasteiger partial charge is 0.508 e. The van der Waals surface area contributed by atoms with E-state index >= 15 is 0 Å². The summed E-state index contributed by atoms with van der Waals surface area (Å²) in [6.45, 7) is 0.530. The highest BCUT2D eigenvalue weighted by Crippen LogP contribution is 2.48. The number of rotatable bonds is 8. The molecule has 31 heavy (non-hydrogen) atoms. The number of unbranched alkanes of at least 4 members (excludes halogenated alkanes) is 1. The average molecular weight is 421 g/mol. The number of ether oxygens (including phenoxy) is 1. The molecule has 2 aliphatic carbocycles. The van der Waals surface area contributed by atoms with Crippen molar-refractivity contribution in [1.29, 1.82) is 0 Å². The molecule has 0 spiro atoms. The van der Waals surface area contributed by atoms with E-state index in [0.29, 0.717) is 30.6 Å². The zero-order valence-electron chi connectivity index (χ0n) is 18.1. The van der Waals surface area contributed by atoms with E-state index in [4.69, 9.17) is 9.84 Å². The van der Waals surface area contributed by atoms with Crippen molar-refractivity contribution in [3.8, 4) is 11.5 Å². The predicted molar refractivity (Wildman–Crippen MR) is 122 cm³/mol. The van der Waals surface area contributed by atoms with E-state index in [0.717, 1.165) is 12.2 Å². The van der Waals surface area contributed by atoms with Gasteiger partial charge in [0.2, 0.25) is 0 Å². The van der Waals surface area contributed by atoms with Crippen molar-refractivity contribution in [1.82, 2.24) is 0 Å². The molecule has 2 saturated carbocycles. The van der Waals surface area contributed by atoms with Gasteiger partial charge in [-0.3, -0.25) is 4.79 Å². The van der Waals surface area contributed by atoms with Crippen LogP contribution in [0, 0.1) is 11.8 Å². The number of phenolic OH excluding ortho intramolecular Hbond substituents is 1. The van der Waals surface area contributed by atoms with Crippen LogP contribution in [-0.2, 0) is 4.79 Å². The van der Waals surface area contributed by atoms with Crippen molar-refractivity contribution in [3.05, 3.63) is 65.2 Å². The summed E-state index contributed by atoms with van der Waals surface area (Å²) >= 11 is 0. The molecule has 4 rings (SSSR count). The van der Waals surface area contributed by atoms with Gasteiger partial charge in [-0.2, -0.15) is 0 Å². The third kappa shape index (κ3) is 5.30. The molecule has 164 valence electrons. The lowest BCUT2D eigenvalue weighted by Crippen LogP contribution is -2.25. The Balaban J connectivity index is 1.58. The quantitative estimate of drug-likeness (QED) is 0.483. The molecule has 0 atom stereocenters. The van der Waals surface area contributed by atoms with Gasteiger partial charge in [-0.1, -0.05) is 42.7 Å². The molecule has 2 aromatic carbocycles. The highest BCUT2D eigenvalue weighted by atomic mass is 16.5. The number of hydrogen-bond acceptors (Lipinski definition) is 3. The van der Waals surface area contributed by atoms with Gasteiger partial charge in [0.05, 0.1) is 6.61 Å². The van der Waals surface area contributed by atoms with Crippen molar-refractivity contribution in [2.45, 2.75) is 57.8 Å². The molecule has 4 heteroatoms. The molecular formula is C27H32O4. The third-order valence-corrected chi connectivity index (χ3v) is 6.73. The Hall–Kier alpha value is -2.75. The Morgan fingerprint density at radius 1 is 0.839 bits per heavy atom. The van der Waals surface area contributed by atoms with Gasteiger partial charge in [0.1, 0.15) is 11.5 Å². The van der Waals surface area contributed by atoms with Gasteiger partial charge in [-0.25, -0.2) is 0 Å². The summed E-state index contributed by atoms with van der Waals surface area (Å²) in [5.74, 6) is 1.69. The minimum atomic E-state index is -0.758. The third-order valence-electron chi connectivity index (χ3n) is 6.73. The Morgan fingerprint density at radius 3 is 1.94 bits per heavy atom. The summed E-state index contributed by atoms with van der Waals surface area (Å²) < 4.78 is 5.82. The van der Waals surface area contributed by atoms with Crippen molar-refractivity contribution in [3.63, 3.8) is 0 Å². The van der Waals surface area contributed by atoms with Crippen LogP contribution in [0.15, 0.2) is 54.1 Å². The summed E-state index contributed by atoms with van der Waals surface area (Å²) in [6.07, 6.45) is 9.35. The van der Waals surface area contributed by atoms with Crippen LogP contribution in [0.2, 0.25) is 0 Å². The molecule has 0 radical (unpaired) electrons. The van der Waals surface area contributed by atoms with E-state index in [1.54, 1.807) is 17.7 Å². The molecule has 0 heterocycles. The number of carboxylic acids is 1. The normalized spacial score (nSPS) is 20.3. The summed E-state index contributed by atoms with van der Waals surface area (Å²) in [5.41, 5.74) is 5.33. The van der Waals surface area contributed by atoms with Gasteiger partial charge in [0.25, 0.3) is 0 Å². The maximum Gasteiger partial charge on any atom is 0.303 e. The number of allylic oxidation sites excluding steroid dienone is 1. The number of carboxylic acid groups (broad SMARTS) is 1. The second-order valence-corrected chi connectivity index (χ2v) is 8.86. The number of hydrogen-bond donors (Lipinski definition) is 2. The molecular weight excluding hydrogens is 388 g/mol. The van der Waals surface area contributed by atoms with Crippen molar-refractivity contribution in [2.24, 2.45) is 11.8 Å². The van der Waals surface area contributed by atoms with Crippen molar-refractivity contribution >= 4 is 11.5 Å².